The number of hydrogen-bond acceptors (Lipinski definition) is 3. The summed E-state index contributed by atoms with van der Waals surface area (Å²) in [6.45, 7) is 2.04. The molecular formula is C9H15NO3. The molecule has 1 N–H and O–H groups in total. The Morgan fingerprint density at radius 3 is 2.92 bits per heavy atom. The van der Waals surface area contributed by atoms with E-state index in [0.29, 0.717) is 25.8 Å². The summed E-state index contributed by atoms with van der Waals surface area (Å²) in [5.41, 5.74) is 0. The van der Waals surface area contributed by atoms with Crippen LogP contribution < -0.4 is 0 Å². The number of carbonyl (C=O) groups excluding carboxylic acids is 2. The number of amides is 1. The van der Waals surface area contributed by atoms with Crippen LogP contribution in [0.1, 0.15) is 26.2 Å². The summed E-state index contributed by atoms with van der Waals surface area (Å²) in [6.07, 6.45) is 1.37. The number of rotatable bonds is 2. The zero-order valence-corrected chi connectivity index (χ0v) is 7.82. The number of carbonyl (C=O) groups is 2. The van der Waals surface area contributed by atoms with Gasteiger partial charge in [-0.2, -0.15) is 0 Å². The lowest BCUT2D eigenvalue weighted by Gasteiger charge is -2.33. The van der Waals surface area contributed by atoms with Gasteiger partial charge in [0.05, 0.1) is 0 Å². The molecule has 1 atom stereocenters. The van der Waals surface area contributed by atoms with E-state index in [1.807, 2.05) is 0 Å². The lowest BCUT2D eigenvalue weighted by atomic mass is 9.98. The van der Waals surface area contributed by atoms with Gasteiger partial charge in [-0.1, -0.05) is 0 Å². The Balaban J connectivity index is 2.60. The van der Waals surface area contributed by atoms with E-state index in [2.05, 4.69) is 0 Å². The fraction of sp³-hybridized carbons (Fsp3) is 0.778. The van der Waals surface area contributed by atoms with Crippen molar-refractivity contribution in [3.8, 4) is 0 Å². The minimum atomic E-state index is -0.0799. The number of likely N-dealkylation sites (tertiary alicyclic amines) is 1. The minimum Gasteiger partial charge on any atom is -0.396 e. The van der Waals surface area contributed by atoms with Crippen molar-refractivity contribution in [1.29, 1.82) is 0 Å². The largest absolute Gasteiger partial charge is 0.396 e. The Hall–Kier alpha value is -0.900. The van der Waals surface area contributed by atoms with E-state index in [1.54, 1.807) is 4.90 Å². The van der Waals surface area contributed by atoms with Crippen molar-refractivity contribution < 1.29 is 14.7 Å². The van der Waals surface area contributed by atoms with Crippen LogP contribution in [0.25, 0.3) is 0 Å². The van der Waals surface area contributed by atoms with Crippen molar-refractivity contribution in [2.75, 3.05) is 13.2 Å². The summed E-state index contributed by atoms with van der Waals surface area (Å²) in [5.74, 6) is 0.182. The molecule has 0 spiro atoms. The molecule has 0 radical (unpaired) electrons. The van der Waals surface area contributed by atoms with Crippen LogP contribution >= 0.6 is 0 Å². The molecular weight excluding hydrogens is 170 g/mol. The Kier molecular flexibility index (Phi) is 3.42. The SMILES string of the molecule is CC(=O)N1CCC(=O)CC1CCO. The smallest absolute Gasteiger partial charge is 0.219 e. The van der Waals surface area contributed by atoms with E-state index in [9.17, 15) is 9.59 Å². The van der Waals surface area contributed by atoms with Crippen LogP contribution in [0.4, 0.5) is 0 Å². The van der Waals surface area contributed by atoms with Crippen molar-refractivity contribution in [1.82, 2.24) is 4.90 Å². The van der Waals surface area contributed by atoms with Gasteiger partial charge in [0, 0.05) is 39.0 Å². The Bertz CT molecular complexity index is 215. The van der Waals surface area contributed by atoms with Gasteiger partial charge in [0.15, 0.2) is 0 Å². The third-order valence-electron chi connectivity index (χ3n) is 2.40. The predicted octanol–water partition coefficient (Wildman–Crippen LogP) is -0.0512. The Morgan fingerprint density at radius 1 is 1.69 bits per heavy atom. The number of aliphatic hydroxyl groups excluding tert-OH is 1. The highest BCUT2D eigenvalue weighted by atomic mass is 16.3. The first-order valence-electron chi connectivity index (χ1n) is 4.55. The molecule has 0 aromatic carbocycles. The molecule has 1 amide bonds. The van der Waals surface area contributed by atoms with Crippen molar-refractivity contribution >= 4 is 11.7 Å². The molecule has 1 fully saturated rings. The molecule has 1 aliphatic heterocycles. The lowest BCUT2D eigenvalue weighted by Crippen LogP contribution is -2.45. The van der Waals surface area contributed by atoms with Gasteiger partial charge in [-0.25, -0.2) is 0 Å². The molecule has 1 unspecified atom stereocenters. The van der Waals surface area contributed by atoms with Crippen LogP contribution in [0.3, 0.4) is 0 Å². The second-order valence-electron chi connectivity index (χ2n) is 3.37. The molecule has 0 saturated carbocycles. The average Bonchev–Trinajstić information content (AvgIpc) is 2.04. The second kappa shape index (κ2) is 4.37. The van der Waals surface area contributed by atoms with E-state index < -0.39 is 0 Å². The van der Waals surface area contributed by atoms with Crippen molar-refractivity contribution in [2.24, 2.45) is 0 Å². The van der Waals surface area contributed by atoms with Gasteiger partial charge < -0.3 is 10.0 Å². The topological polar surface area (TPSA) is 57.6 Å². The monoisotopic (exact) mass is 185 g/mol. The van der Waals surface area contributed by atoms with Crippen LogP contribution in [0.2, 0.25) is 0 Å². The maximum atomic E-state index is 11.1. The van der Waals surface area contributed by atoms with Gasteiger partial charge in [-0.15, -0.1) is 0 Å². The number of ketones is 1. The summed E-state index contributed by atoms with van der Waals surface area (Å²) in [5, 5.41) is 8.76. The molecule has 0 bridgehead atoms. The summed E-state index contributed by atoms with van der Waals surface area (Å²) < 4.78 is 0. The first kappa shape index (κ1) is 10.2. The van der Waals surface area contributed by atoms with Gasteiger partial charge in [-0.3, -0.25) is 9.59 Å². The zero-order chi connectivity index (χ0) is 9.84. The first-order chi connectivity index (χ1) is 6.15. The van der Waals surface area contributed by atoms with E-state index in [-0.39, 0.29) is 24.3 Å². The average molecular weight is 185 g/mol. The van der Waals surface area contributed by atoms with Gasteiger partial charge in [0.1, 0.15) is 5.78 Å². The van der Waals surface area contributed by atoms with Gasteiger partial charge in [-0.05, 0) is 6.42 Å². The molecule has 0 aromatic heterocycles. The van der Waals surface area contributed by atoms with Crippen LogP contribution in [0, 0.1) is 0 Å². The van der Waals surface area contributed by atoms with E-state index >= 15 is 0 Å². The van der Waals surface area contributed by atoms with Crippen LogP contribution in [-0.2, 0) is 9.59 Å². The van der Waals surface area contributed by atoms with Crippen molar-refractivity contribution in [3.63, 3.8) is 0 Å². The molecule has 0 aromatic rings. The fourth-order valence-electron chi connectivity index (χ4n) is 1.72. The number of piperidine rings is 1. The molecule has 1 saturated heterocycles. The number of aliphatic hydroxyl groups is 1. The summed E-state index contributed by atoms with van der Waals surface area (Å²) in [4.78, 5) is 23.9. The summed E-state index contributed by atoms with van der Waals surface area (Å²) in [7, 11) is 0. The molecule has 13 heavy (non-hydrogen) atoms. The Labute approximate surface area is 77.5 Å². The summed E-state index contributed by atoms with van der Waals surface area (Å²) >= 11 is 0. The van der Waals surface area contributed by atoms with Crippen LogP contribution in [0.5, 0.6) is 0 Å². The highest BCUT2D eigenvalue weighted by Gasteiger charge is 2.27. The zero-order valence-electron chi connectivity index (χ0n) is 7.82. The maximum Gasteiger partial charge on any atom is 0.219 e. The third kappa shape index (κ3) is 2.52. The Morgan fingerprint density at radius 2 is 2.38 bits per heavy atom. The molecule has 4 heteroatoms. The molecule has 1 rings (SSSR count). The van der Waals surface area contributed by atoms with Gasteiger partial charge >= 0.3 is 0 Å². The van der Waals surface area contributed by atoms with Crippen LogP contribution in [0.15, 0.2) is 0 Å². The third-order valence-corrected chi connectivity index (χ3v) is 2.40. The van der Waals surface area contributed by atoms with Gasteiger partial charge in [0.2, 0.25) is 5.91 Å². The summed E-state index contributed by atoms with van der Waals surface area (Å²) in [6, 6.07) is -0.0799. The van der Waals surface area contributed by atoms with E-state index in [1.165, 1.54) is 6.92 Å². The standard InChI is InChI=1S/C9H15NO3/c1-7(12)10-4-2-9(13)6-8(10)3-5-11/h8,11H,2-6H2,1H3. The van der Waals surface area contributed by atoms with E-state index in [0.717, 1.165) is 0 Å². The minimum absolute atomic E-state index is 0.00838. The molecule has 1 heterocycles. The van der Waals surface area contributed by atoms with Gasteiger partial charge in [0.25, 0.3) is 0 Å². The van der Waals surface area contributed by atoms with E-state index in [4.69, 9.17) is 5.11 Å². The van der Waals surface area contributed by atoms with Crippen molar-refractivity contribution in [3.05, 3.63) is 0 Å². The number of Topliss-reactive ketones (excluding diaryl/α,β-unsaturated/α-hetero) is 1. The number of nitrogens with zero attached hydrogens (tertiary/aromatic N) is 1. The molecule has 4 nitrogen and oxygen atoms in total. The maximum absolute atomic E-state index is 11.1. The quantitative estimate of drug-likeness (QED) is 0.656. The molecule has 74 valence electrons. The highest BCUT2D eigenvalue weighted by molar-refractivity contribution is 5.83. The number of hydrogen-bond donors (Lipinski definition) is 1. The molecule has 1 aliphatic rings. The van der Waals surface area contributed by atoms with Crippen LogP contribution in [-0.4, -0.2) is 40.9 Å². The second-order valence-corrected chi connectivity index (χ2v) is 3.37. The lowest BCUT2D eigenvalue weighted by molar-refractivity contribution is -0.136. The highest BCUT2D eigenvalue weighted by Crippen LogP contribution is 2.16. The fourth-order valence-corrected chi connectivity index (χ4v) is 1.72. The normalized spacial score (nSPS) is 23.4. The molecule has 0 aliphatic carbocycles. The predicted molar refractivity (Wildman–Crippen MR) is 47.1 cm³/mol. The van der Waals surface area contributed by atoms with Crippen molar-refractivity contribution in [2.45, 2.75) is 32.2 Å². The first-order valence-corrected chi connectivity index (χ1v) is 4.55.